The molecule has 136 valence electrons. The topological polar surface area (TPSA) is 69.3 Å². The molecular formula is C20H18N4O2S. The van der Waals surface area contributed by atoms with Crippen LogP contribution >= 0.6 is 11.8 Å². The molecule has 0 unspecified atom stereocenters. The highest BCUT2D eigenvalue weighted by atomic mass is 32.2. The monoisotopic (exact) mass is 378 g/mol. The van der Waals surface area contributed by atoms with E-state index in [0.717, 1.165) is 0 Å². The van der Waals surface area contributed by atoms with Crippen LogP contribution in [0.5, 0.6) is 0 Å². The van der Waals surface area contributed by atoms with Crippen molar-refractivity contribution in [2.75, 3.05) is 0 Å². The molecule has 0 saturated carbocycles. The van der Waals surface area contributed by atoms with Gasteiger partial charge in [-0.3, -0.25) is 18.6 Å². The Bertz CT molecular complexity index is 1260. The lowest BCUT2D eigenvalue weighted by atomic mass is 10.2. The van der Waals surface area contributed by atoms with E-state index >= 15 is 0 Å². The summed E-state index contributed by atoms with van der Waals surface area (Å²) >= 11 is 1.42. The molecule has 4 aromatic rings. The zero-order chi connectivity index (χ0) is 19.0. The minimum Gasteiger partial charge on any atom is -0.285 e. The Balaban J connectivity index is 1.75. The van der Waals surface area contributed by atoms with Crippen molar-refractivity contribution in [3.63, 3.8) is 0 Å². The van der Waals surface area contributed by atoms with E-state index in [0.29, 0.717) is 33.2 Å². The van der Waals surface area contributed by atoms with Crippen molar-refractivity contribution in [3.8, 4) is 0 Å². The summed E-state index contributed by atoms with van der Waals surface area (Å²) in [6.07, 6.45) is 1.70. The molecule has 0 fully saturated rings. The van der Waals surface area contributed by atoms with Gasteiger partial charge < -0.3 is 0 Å². The first-order valence-electron chi connectivity index (χ1n) is 8.66. The van der Waals surface area contributed by atoms with Crippen LogP contribution in [0, 0.1) is 0 Å². The Labute approximate surface area is 159 Å². The molecule has 0 radical (unpaired) electrons. The van der Waals surface area contributed by atoms with E-state index in [1.165, 1.54) is 22.2 Å². The summed E-state index contributed by atoms with van der Waals surface area (Å²) in [5.41, 5.74) is 1.77. The van der Waals surface area contributed by atoms with E-state index in [9.17, 15) is 9.59 Å². The van der Waals surface area contributed by atoms with Gasteiger partial charge in [0.05, 0.1) is 16.6 Å². The van der Waals surface area contributed by atoms with Gasteiger partial charge in [0.15, 0.2) is 5.16 Å². The fourth-order valence-corrected chi connectivity index (χ4v) is 4.02. The minimum absolute atomic E-state index is 0.0210. The van der Waals surface area contributed by atoms with Gasteiger partial charge in [-0.25, -0.2) is 9.97 Å². The van der Waals surface area contributed by atoms with Crippen LogP contribution in [0.2, 0.25) is 0 Å². The summed E-state index contributed by atoms with van der Waals surface area (Å²) in [4.78, 5) is 34.3. The number of aromatic nitrogens is 4. The van der Waals surface area contributed by atoms with Crippen molar-refractivity contribution in [1.29, 1.82) is 0 Å². The third-order valence-electron chi connectivity index (χ3n) is 4.27. The molecule has 0 bridgehead atoms. The molecule has 7 heteroatoms. The Hall–Kier alpha value is -2.93. The highest BCUT2D eigenvalue weighted by molar-refractivity contribution is 7.98. The summed E-state index contributed by atoms with van der Waals surface area (Å²) < 4.78 is 3.20. The molecule has 1 aromatic carbocycles. The first kappa shape index (κ1) is 17.5. The number of thioether (sulfide) groups is 1. The summed E-state index contributed by atoms with van der Waals surface area (Å²) in [7, 11) is 0. The molecule has 0 saturated heterocycles. The Kier molecular flexibility index (Phi) is 4.53. The SMILES string of the molecule is CC(C)n1c(SCc2cc(=O)n3ccccc3n2)nc2ccccc2c1=O. The number of para-hydroxylation sites is 1. The predicted molar refractivity (Wildman–Crippen MR) is 107 cm³/mol. The van der Waals surface area contributed by atoms with E-state index < -0.39 is 0 Å². The average Bonchev–Trinajstić information content (AvgIpc) is 2.66. The van der Waals surface area contributed by atoms with Crippen molar-refractivity contribution in [3.05, 3.63) is 81.1 Å². The molecule has 0 amide bonds. The Morgan fingerprint density at radius 3 is 2.63 bits per heavy atom. The van der Waals surface area contributed by atoms with E-state index in [4.69, 9.17) is 0 Å². The molecule has 0 aliphatic heterocycles. The van der Waals surface area contributed by atoms with Gasteiger partial charge in [0.25, 0.3) is 11.1 Å². The molecule has 0 aliphatic rings. The molecule has 0 atom stereocenters. The molecule has 3 heterocycles. The van der Waals surface area contributed by atoms with E-state index in [2.05, 4.69) is 9.97 Å². The molecule has 0 spiro atoms. The van der Waals surface area contributed by atoms with Crippen LogP contribution in [-0.4, -0.2) is 18.9 Å². The van der Waals surface area contributed by atoms with E-state index in [1.54, 1.807) is 29.0 Å². The summed E-state index contributed by atoms with van der Waals surface area (Å²) in [5, 5.41) is 1.24. The third-order valence-corrected chi connectivity index (χ3v) is 5.25. The maximum Gasteiger partial charge on any atom is 0.262 e. The van der Waals surface area contributed by atoms with Crippen LogP contribution in [0.4, 0.5) is 0 Å². The fourth-order valence-electron chi connectivity index (χ4n) is 3.00. The standard InChI is InChI=1S/C20H18N4O2S/c1-13(2)24-19(26)15-7-3-4-8-16(15)22-20(24)27-12-14-11-18(25)23-10-6-5-9-17(23)21-14/h3-11,13H,12H2,1-2H3. The van der Waals surface area contributed by atoms with Crippen LogP contribution in [0.1, 0.15) is 25.6 Å². The third kappa shape index (κ3) is 3.26. The highest BCUT2D eigenvalue weighted by Gasteiger charge is 2.14. The highest BCUT2D eigenvalue weighted by Crippen LogP contribution is 2.23. The van der Waals surface area contributed by atoms with Crippen molar-refractivity contribution < 1.29 is 0 Å². The van der Waals surface area contributed by atoms with Crippen LogP contribution in [0.3, 0.4) is 0 Å². The van der Waals surface area contributed by atoms with Gasteiger partial charge in [-0.15, -0.1) is 0 Å². The van der Waals surface area contributed by atoms with Crippen molar-refractivity contribution in [2.45, 2.75) is 30.8 Å². The Morgan fingerprint density at radius 1 is 1.04 bits per heavy atom. The average molecular weight is 378 g/mol. The summed E-state index contributed by atoms with van der Waals surface area (Å²) in [5.74, 6) is 0.456. The number of fused-ring (bicyclic) bond motifs is 2. The lowest BCUT2D eigenvalue weighted by Gasteiger charge is -2.16. The van der Waals surface area contributed by atoms with E-state index in [1.807, 2.05) is 38.1 Å². The molecule has 3 aromatic heterocycles. The zero-order valence-electron chi connectivity index (χ0n) is 15.0. The molecule has 27 heavy (non-hydrogen) atoms. The normalized spacial score (nSPS) is 11.5. The summed E-state index contributed by atoms with van der Waals surface area (Å²) in [6, 6.07) is 14.3. The van der Waals surface area contributed by atoms with Crippen molar-refractivity contribution in [1.82, 2.24) is 18.9 Å². The van der Waals surface area contributed by atoms with Gasteiger partial charge in [-0.2, -0.15) is 0 Å². The molecule has 0 aliphatic carbocycles. The minimum atomic E-state index is -0.121. The number of nitrogens with zero attached hydrogens (tertiary/aromatic N) is 4. The number of hydrogen-bond donors (Lipinski definition) is 0. The van der Waals surface area contributed by atoms with Crippen LogP contribution in [0.15, 0.2) is 69.5 Å². The number of benzene rings is 1. The van der Waals surface area contributed by atoms with Crippen molar-refractivity contribution >= 4 is 28.3 Å². The second kappa shape index (κ2) is 7.00. The lowest BCUT2D eigenvalue weighted by molar-refractivity contribution is 0.519. The second-order valence-electron chi connectivity index (χ2n) is 6.48. The van der Waals surface area contributed by atoms with Gasteiger partial charge in [0, 0.05) is 24.1 Å². The molecule has 6 nitrogen and oxygen atoms in total. The van der Waals surface area contributed by atoms with Gasteiger partial charge in [0.1, 0.15) is 5.65 Å². The Morgan fingerprint density at radius 2 is 1.81 bits per heavy atom. The maximum absolute atomic E-state index is 12.9. The van der Waals surface area contributed by atoms with Gasteiger partial charge in [-0.05, 0) is 38.1 Å². The van der Waals surface area contributed by atoms with Crippen LogP contribution in [0.25, 0.3) is 16.6 Å². The quantitative estimate of drug-likeness (QED) is 0.403. The van der Waals surface area contributed by atoms with Crippen LogP contribution < -0.4 is 11.1 Å². The first-order valence-corrected chi connectivity index (χ1v) is 9.64. The first-order chi connectivity index (χ1) is 13.0. The van der Waals surface area contributed by atoms with E-state index in [-0.39, 0.29) is 17.2 Å². The number of pyridine rings is 1. The lowest BCUT2D eigenvalue weighted by Crippen LogP contribution is -2.25. The predicted octanol–water partition coefficient (Wildman–Crippen LogP) is 3.28. The molecule has 0 N–H and O–H groups in total. The second-order valence-corrected chi connectivity index (χ2v) is 7.43. The van der Waals surface area contributed by atoms with Gasteiger partial charge in [-0.1, -0.05) is 30.0 Å². The number of rotatable bonds is 4. The molecule has 4 rings (SSSR count). The summed E-state index contributed by atoms with van der Waals surface area (Å²) in [6.45, 7) is 3.92. The van der Waals surface area contributed by atoms with Gasteiger partial charge >= 0.3 is 0 Å². The van der Waals surface area contributed by atoms with Gasteiger partial charge in [0.2, 0.25) is 0 Å². The fraction of sp³-hybridized carbons (Fsp3) is 0.200. The maximum atomic E-state index is 12.9. The molecular weight excluding hydrogens is 360 g/mol. The smallest absolute Gasteiger partial charge is 0.262 e. The zero-order valence-corrected chi connectivity index (χ0v) is 15.8. The largest absolute Gasteiger partial charge is 0.285 e. The van der Waals surface area contributed by atoms with Crippen LogP contribution in [-0.2, 0) is 5.75 Å². The number of hydrogen-bond acceptors (Lipinski definition) is 5. The van der Waals surface area contributed by atoms with Crippen molar-refractivity contribution in [2.24, 2.45) is 0 Å².